The Morgan fingerprint density at radius 2 is 1.24 bits per heavy atom. The molecule has 0 aromatic rings. The maximum Gasteiger partial charge on any atom is 0.165 e. The average molecular weight is 617 g/mol. The Balaban J connectivity index is 1.97. The molecular weight excluding hydrogens is 560 g/mol. The van der Waals surface area contributed by atoms with Crippen LogP contribution < -0.4 is 0 Å². The van der Waals surface area contributed by atoms with Gasteiger partial charge in [-0.3, -0.25) is 4.79 Å². The van der Waals surface area contributed by atoms with Crippen molar-refractivity contribution >= 4 is 5.78 Å². The molecule has 2 saturated carbocycles. The zero-order valence-electron chi connectivity index (χ0n) is 29.1. The van der Waals surface area contributed by atoms with Crippen LogP contribution >= 0.6 is 0 Å². The smallest absolute Gasteiger partial charge is 0.165 e. The van der Waals surface area contributed by atoms with Crippen LogP contribution in [0.2, 0.25) is 0 Å². The molecule has 0 saturated heterocycles. The first-order valence-corrected chi connectivity index (χ1v) is 15.9. The van der Waals surface area contributed by atoms with Gasteiger partial charge in [-0.05, 0) is 81.9 Å². The lowest BCUT2D eigenvalue weighted by Gasteiger charge is -2.43. The van der Waals surface area contributed by atoms with E-state index in [1.165, 1.54) is 6.08 Å². The Labute approximate surface area is 271 Å². The zero-order valence-corrected chi connectivity index (χ0v) is 29.1. The topological polar surface area (TPSA) is 98.0 Å². The van der Waals surface area contributed by atoms with E-state index in [2.05, 4.69) is 5.73 Å². The lowest BCUT2D eigenvalue weighted by Crippen LogP contribution is -2.45. The minimum atomic E-state index is -1.07. The second-order valence-electron chi connectivity index (χ2n) is 14.7. The highest BCUT2D eigenvalue weighted by atomic mass is 16.3. The molecule has 0 aromatic carbocycles. The number of aliphatic hydroxyl groups is 4. The summed E-state index contributed by atoms with van der Waals surface area (Å²) < 4.78 is 0. The summed E-state index contributed by atoms with van der Waals surface area (Å²) in [5.74, 6) is -0.215. The lowest BCUT2D eigenvalue weighted by molar-refractivity contribution is -0.127. The van der Waals surface area contributed by atoms with Gasteiger partial charge in [-0.1, -0.05) is 107 Å². The number of rotatable bonds is 10. The summed E-state index contributed by atoms with van der Waals surface area (Å²) in [7, 11) is 0. The second kappa shape index (κ2) is 15.4. The van der Waals surface area contributed by atoms with Crippen LogP contribution in [0.3, 0.4) is 0 Å². The fraction of sp³-hybridized carbons (Fsp3) is 0.500. The largest absolute Gasteiger partial charge is 0.508 e. The van der Waals surface area contributed by atoms with E-state index < -0.39 is 23.2 Å². The van der Waals surface area contributed by atoms with Crippen LogP contribution in [0.15, 0.2) is 112 Å². The Morgan fingerprint density at radius 3 is 1.76 bits per heavy atom. The van der Waals surface area contributed by atoms with Crippen LogP contribution in [0, 0.1) is 16.2 Å². The van der Waals surface area contributed by atoms with Crippen LogP contribution in [0.4, 0.5) is 0 Å². The minimum absolute atomic E-state index is 0.0570. The molecule has 5 nitrogen and oxygen atoms in total. The molecule has 2 aliphatic rings. The van der Waals surface area contributed by atoms with Gasteiger partial charge in [0, 0.05) is 23.5 Å². The molecule has 5 heteroatoms. The SMILES string of the molecule is C\C(C=C=C1C(C)(C)C[C@H](O)C[C@@]1(C)O)=C/C=C/C(C)=C/C=C/C=C(C)/C=C/C=C(C)/C(O)=C/C(=O)[C@]1(C)C[C@@H](O)CC1(C)C. The van der Waals surface area contributed by atoms with E-state index in [0.29, 0.717) is 31.3 Å². The van der Waals surface area contributed by atoms with Crippen molar-refractivity contribution in [2.24, 2.45) is 16.2 Å². The molecule has 2 rings (SSSR count). The fourth-order valence-corrected chi connectivity index (χ4v) is 6.41. The predicted molar refractivity (Wildman–Crippen MR) is 187 cm³/mol. The van der Waals surface area contributed by atoms with E-state index in [0.717, 1.165) is 22.3 Å². The highest BCUT2D eigenvalue weighted by Gasteiger charge is 2.53. The summed E-state index contributed by atoms with van der Waals surface area (Å²) in [5, 5.41) is 41.6. The molecule has 0 bridgehead atoms. The van der Waals surface area contributed by atoms with Crippen molar-refractivity contribution in [1.29, 1.82) is 0 Å². The van der Waals surface area contributed by atoms with E-state index in [9.17, 15) is 25.2 Å². The summed E-state index contributed by atoms with van der Waals surface area (Å²) in [4.78, 5) is 13.0. The summed E-state index contributed by atoms with van der Waals surface area (Å²) in [5.41, 5.74) is 5.41. The van der Waals surface area contributed by atoms with Gasteiger partial charge in [0.1, 0.15) is 5.76 Å². The van der Waals surface area contributed by atoms with Gasteiger partial charge in [0.2, 0.25) is 0 Å². The third kappa shape index (κ3) is 10.7. The van der Waals surface area contributed by atoms with Gasteiger partial charge >= 0.3 is 0 Å². The maximum atomic E-state index is 13.0. The zero-order chi connectivity index (χ0) is 34.2. The van der Waals surface area contributed by atoms with Crippen molar-refractivity contribution in [3.63, 3.8) is 0 Å². The lowest BCUT2D eigenvalue weighted by atomic mass is 9.65. The molecule has 4 N–H and O–H groups in total. The van der Waals surface area contributed by atoms with E-state index in [1.54, 1.807) is 19.9 Å². The number of ketones is 1. The van der Waals surface area contributed by atoms with Gasteiger partial charge in [-0.25, -0.2) is 0 Å². The molecule has 246 valence electrons. The Bertz CT molecular complexity index is 1390. The second-order valence-corrected chi connectivity index (χ2v) is 14.7. The number of carbonyl (C=O) groups is 1. The van der Waals surface area contributed by atoms with Crippen molar-refractivity contribution in [3.8, 4) is 0 Å². The molecule has 0 spiro atoms. The van der Waals surface area contributed by atoms with Crippen molar-refractivity contribution in [3.05, 3.63) is 112 Å². The fourth-order valence-electron chi connectivity index (χ4n) is 6.41. The Hall–Kier alpha value is -3.21. The average Bonchev–Trinajstić information content (AvgIpc) is 3.11. The van der Waals surface area contributed by atoms with E-state index in [1.807, 2.05) is 116 Å². The monoisotopic (exact) mass is 616 g/mol. The molecule has 0 radical (unpaired) electrons. The third-order valence-corrected chi connectivity index (χ3v) is 9.39. The molecule has 45 heavy (non-hydrogen) atoms. The van der Waals surface area contributed by atoms with Crippen molar-refractivity contribution in [2.45, 2.75) is 113 Å². The first-order valence-electron chi connectivity index (χ1n) is 15.9. The molecule has 2 aliphatic carbocycles. The van der Waals surface area contributed by atoms with E-state index in [4.69, 9.17) is 0 Å². The van der Waals surface area contributed by atoms with Crippen LogP contribution in [0.5, 0.6) is 0 Å². The molecule has 4 atom stereocenters. The van der Waals surface area contributed by atoms with Gasteiger partial charge in [-0.2, -0.15) is 0 Å². The number of hydrogen-bond acceptors (Lipinski definition) is 5. The third-order valence-electron chi connectivity index (χ3n) is 9.39. The van der Waals surface area contributed by atoms with Crippen molar-refractivity contribution in [1.82, 2.24) is 0 Å². The first-order chi connectivity index (χ1) is 20.7. The molecule has 0 aliphatic heterocycles. The maximum absolute atomic E-state index is 13.0. The summed E-state index contributed by atoms with van der Waals surface area (Å²) in [6, 6.07) is 0. The normalized spacial score (nSPS) is 30.1. The summed E-state index contributed by atoms with van der Waals surface area (Å²) in [6.07, 6.45) is 23.6. The minimum Gasteiger partial charge on any atom is -0.508 e. The van der Waals surface area contributed by atoms with Crippen LogP contribution in [0.25, 0.3) is 0 Å². The number of hydrogen-bond donors (Lipinski definition) is 4. The van der Waals surface area contributed by atoms with E-state index in [-0.39, 0.29) is 22.4 Å². The van der Waals surface area contributed by atoms with Crippen molar-refractivity contribution < 1.29 is 25.2 Å². The first kappa shape index (κ1) is 38.0. The molecule has 0 aromatic heterocycles. The molecule has 0 unspecified atom stereocenters. The van der Waals surface area contributed by atoms with Gasteiger partial charge in [0.05, 0.1) is 17.8 Å². The van der Waals surface area contributed by atoms with Crippen LogP contribution in [0.1, 0.15) is 94.9 Å². The van der Waals surface area contributed by atoms with Gasteiger partial charge in [0.15, 0.2) is 5.78 Å². The van der Waals surface area contributed by atoms with Gasteiger partial charge in [0.25, 0.3) is 0 Å². The highest BCUT2D eigenvalue weighted by molar-refractivity contribution is 5.96. The number of carbonyl (C=O) groups excluding carboxylic acids is 1. The molecular formula is C40H56O5. The van der Waals surface area contributed by atoms with Crippen LogP contribution in [-0.2, 0) is 4.79 Å². The standard InChI is InChI=1S/C40H56O5/c1-28(17-13-18-30(3)21-22-35-37(5,6)24-32(41)27-40(35,10)45)15-11-12-16-29(2)19-14-20-31(4)34(43)23-36(44)39(9)26-33(42)25-38(39,7)8/h11-21,23,32-33,41-43,45H,24-27H2,1-10H3/b12-11+,17-13+,19-14+,28-15+,29-16+,30-18+,31-20+,34-23-/t22?,32-,33-,39-,40+/m0/s1. The van der Waals surface area contributed by atoms with Crippen LogP contribution in [-0.4, -0.2) is 44.0 Å². The highest BCUT2D eigenvalue weighted by Crippen LogP contribution is 2.53. The van der Waals surface area contributed by atoms with Gasteiger partial charge < -0.3 is 20.4 Å². The van der Waals surface area contributed by atoms with Crippen molar-refractivity contribution in [2.75, 3.05) is 0 Å². The molecule has 2 fully saturated rings. The Morgan fingerprint density at radius 1 is 0.733 bits per heavy atom. The quantitative estimate of drug-likeness (QED) is 0.0852. The Kier molecular flexibility index (Phi) is 13.0. The summed E-state index contributed by atoms with van der Waals surface area (Å²) in [6.45, 7) is 19.4. The van der Waals surface area contributed by atoms with E-state index >= 15 is 0 Å². The molecule has 0 heterocycles. The number of allylic oxidation sites excluding steroid dienone is 15. The predicted octanol–water partition coefficient (Wildman–Crippen LogP) is 8.65. The van der Waals surface area contributed by atoms with Gasteiger partial charge in [-0.15, -0.1) is 5.73 Å². The molecule has 0 amide bonds. The number of aliphatic hydroxyl groups excluding tert-OH is 3. The summed E-state index contributed by atoms with van der Waals surface area (Å²) >= 11 is 0.